The molecule has 8 nitrogen and oxygen atoms in total. The number of hydrogen-bond acceptors (Lipinski definition) is 6. The Labute approximate surface area is 182 Å². The van der Waals surface area contributed by atoms with Crippen LogP contribution in [0.15, 0.2) is 24.3 Å². The van der Waals surface area contributed by atoms with Crippen LogP contribution in [0.25, 0.3) is 0 Å². The van der Waals surface area contributed by atoms with E-state index < -0.39 is 41.6 Å². The van der Waals surface area contributed by atoms with Crippen LogP contribution < -0.4 is 0 Å². The fraction of sp³-hybridized carbons (Fsp3) is 0.696. The van der Waals surface area contributed by atoms with E-state index in [0.29, 0.717) is 25.9 Å². The van der Waals surface area contributed by atoms with E-state index in [1.165, 1.54) is 4.90 Å². The summed E-state index contributed by atoms with van der Waals surface area (Å²) in [6, 6.07) is -1.43. The molecular weight excluding hydrogens is 400 g/mol. The van der Waals surface area contributed by atoms with E-state index in [9.17, 15) is 19.5 Å². The highest BCUT2D eigenvalue weighted by Crippen LogP contribution is 2.53. The van der Waals surface area contributed by atoms with Crippen LogP contribution in [0.2, 0.25) is 0 Å². The number of likely N-dealkylation sites (tertiary alicyclic amines) is 1. The molecule has 170 valence electrons. The third-order valence-electron chi connectivity index (χ3n) is 7.00. The van der Waals surface area contributed by atoms with Crippen LogP contribution in [-0.4, -0.2) is 82.8 Å². The molecule has 1 N–H and O–H groups in total. The normalized spacial score (nSPS) is 35.8. The van der Waals surface area contributed by atoms with Crippen molar-refractivity contribution in [2.24, 2.45) is 11.8 Å². The minimum Gasteiger partial charge on any atom is -0.465 e. The molecule has 0 bridgehead atoms. The zero-order chi connectivity index (χ0) is 22.2. The lowest BCUT2D eigenvalue weighted by Crippen LogP contribution is -2.58. The highest BCUT2D eigenvalue weighted by atomic mass is 16.6. The molecule has 0 aliphatic carbocycles. The Morgan fingerprint density at radius 2 is 2.03 bits per heavy atom. The molecule has 1 unspecified atom stereocenters. The first-order valence-corrected chi connectivity index (χ1v) is 11.4. The lowest BCUT2D eigenvalue weighted by atomic mass is 9.77. The van der Waals surface area contributed by atoms with Crippen molar-refractivity contribution in [1.82, 2.24) is 9.80 Å². The van der Waals surface area contributed by atoms with Gasteiger partial charge in [0.15, 0.2) is 0 Å². The van der Waals surface area contributed by atoms with Crippen molar-refractivity contribution in [3.8, 4) is 0 Å². The molecular formula is C23H32N2O6. The monoisotopic (exact) mass is 432 g/mol. The molecule has 2 fully saturated rings. The van der Waals surface area contributed by atoms with Gasteiger partial charge in [0.1, 0.15) is 17.6 Å². The van der Waals surface area contributed by atoms with Gasteiger partial charge in [0, 0.05) is 13.1 Å². The molecule has 0 radical (unpaired) electrons. The molecule has 2 saturated heterocycles. The highest BCUT2D eigenvalue weighted by Gasteiger charge is 2.72. The molecule has 0 saturated carbocycles. The van der Waals surface area contributed by atoms with E-state index in [1.54, 1.807) is 4.90 Å². The third-order valence-corrected chi connectivity index (χ3v) is 7.00. The first-order valence-electron chi connectivity index (χ1n) is 11.4. The van der Waals surface area contributed by atoms with Crippen LogP contribution in [0.5, 0.6) is 0 Å². The van der Waals surface area contributed by atoms with E-state index >= 15 is 0 Å². The molecule has 0 aromatic rings. The van der Waals surface area contributed by atoms with Gasteiger partial charge >= 0.3 is 5.97 Å². The van der Waals surface area contributed by atoms with Crippen molar-refractivity contribution in [3.63, 3.8) is 0 Å². The molecule has 6 atom stereocenters. The SMILES string of the molecule is CCCCN1CC=C[C@]23O[C@@H]4C=CCCOC(=O)[C@@H]4[C@H]2C(=O)N([C@@H](CC)CO)C3C1=O. The standard InChI is InChI=1S/C23H32N2O6/c1-3-5-11-24-12-8-10-23-18(17-16(31-23)9-6-7-13-30-22(17)29)20(27)25(15(4-2)14-26)19(23)21(24)28/h6,8-10,15-19,26H,3-5,7,11-14H2,1-2H3/t15-,16+,17-,18-,19?,23-/m0/s1. The van der Waals surface area contributed by atoms with Crippen molar-refractivity contribution in [1.29, 1.82) is 0 Å². The predicted molar refractivity (Wildman–Crippen MR) is 112 cm³/mol. The quantitative estimate of drug-likeness (QED) is 0.498. The number of esters is 1. The molecule has 4 aliphatic heterocycles. The number of nitrogens with zero attached hydrogens (tertiary/aromatic N) is 2. The Bertz CT molecular complexity index is 791. The Morgan fingerprint density at radius 1 is 1.23 bits per heavy atom. The second kappa shape index (κ2) is 8.74. The second-order valence-electron chi connectivity index (χ2n) is 8.76. The summed E-state index contributed by atoms with van der Waals surface area (Å²) in [5.74, 6) is -2.64. The predicted octanol–water partition coefficient (Wildman–Crippen LogP) is 1.04. The summed E-state index contributed by atoms with van der Waals surface area (Å²) in [6.07, 6.45) is 9.68. The summed E-state index contributed by atoms with van der Waals surface area (Å²) in [5, 5.41) is 10.0. The summed E-state index contributed by atoms with van der Waals surface area (Å²) in [7, 11) is 0. The molecule has 8 heteroatoms. The Kier molecular flexibility index (Phi) is 6.21. The number of aliphatic hydroxyl groups is 1. The lowest BCUT2D eigenvalue weighted by Gasteiger charge is -2.38. The molecule has 4 aliphatic rings. The van der Waals surface area contributed by atoms with E-state index in [-0.39, 0.29) is 25.0 Å². The van der Waals surface area contributed by atoms with Gasteiger partial charge in [-0.05, 0) is 19.3 Å². The number of amides is 2. The number of unbranched alkanes of at least 4 members (excludes halogenated alkanes) is 1. The van der Waals surface area contributed by atoms with Gasteiger partial charge in [0.2, 0.25) is 11.8 Å². The van der Waals surface area contributed by atoms with Crippen LogP contribution in [-0.2, 0) is 23.9 Å². The van der Waals surface area contributed by atoms with Gasteiger partial charge in [-0.25, -0.2) is 0 Å². The smallest absolute Gasteiger partial charge is 0.312 e. The van der Waals surface area contributed by atoms with Crippen LogP contribution in [0.1, 0.15) is 39.5 Å². The van der Waals surface area contributed by atoms with E-state index in [0.717, 1.165) is 12.8 Å². The summed E-state index contributed by atoms with van der Waals surface area (Å²) >= 11 is 0. The molecule has 4 rings (SSSR count). The average Bonchev–Trinajstić information content (AvgIpc) is 3.13. The third kappa shape index (κ3) is 3.40. The fourth-order valence-corrected chi connectivity index (χ4v) is 5.45. The molecule has 31 heavy (non-hydrogen) atoms. The lowest BCUT2D eigenvalue weighted by molar-refractivity contribution is -0.156. The number of carbonyl (C=O) groups is 3. The number of hydrogen-bond donors (Lipinski definition) is 1. The topological polar surface area (TPSA) is 96.4 Å². The van der Waals surface area contributed by atoms with Crippen LogP contribution in [0, 0.1) is 11.8 Å². The largest absolute Gasteiger partial charge is 0.465 e. The Morgan fingerprint density at radius 3 is 2.74 bits per heavy atom. The van der Waals surface area contributed by atoms with Crippen molar-refractivity contribution < 1.29 is 29.0 Å². The summed E-state index contributed by atoms with van der Waals surface area (Å²) in [4.78, 5) is 43.7. The van der Waals surface area contributed by atoms with Crippen molar-refractivity contribution in [2.75, 3.05) is 26.3 Å². The summed E-state index contributed by atoms with van der Waals surface area (Å²) in [5.41, 5.74) is -1.25. The molecule has 2 amide bonds. The maximum Gasteiger partial charge on any atom is 0.312 e. The first-order chi connectivity index (χ1) is 15.0. The van der Waals surface area contributed by atoms with E-state index in [4.69, 9.17) is 9.47 Å². The Balaban J connectivity index is 1.82. The van der Waals surface area contributed by atoms with E-state index in [1.807, 2.05) is 31.2 Å². The number of ether oxygens (including phenoxy) is 2. The number of rotatable bonds is 6. The Hall–Kier alpha value is -2.19. The zero-order valence-corrected chi connectivity index (χ0v) is 18.2. The number of carbonyl (C=O) groups excluding carboxylic acids is 3. The maximum atomic E-state index is 13.8. The number of aliphatic hydroxyl groups excluding tert-OH is 1. The van der Waals surface area contributed by atoms with Gasteiger partial charge in [-0.1, -0.05) is 44.6 Å². The first kappa shape index (κ1) is 22.0. The summed E-state index contributed by atoms with van der Waals surface area (Å²) < 4.78 is 11.9. The van der Waals surface area contributed by atoms with Crippen LogP contribution >= 0.6 is 0 Å². The van der Waals surface area contributed by atoms with Gasteiger partial charge < -0.3 is 24.4 Å². The van der Waals surface area contributed by atoms with Crippen molar-refractivity contribution in [3.05, 3.63) is 24.3 Å². The zero-order valence-electron chi connectivity index (χ0n) is 18.2. The highest BCUT2D eigenvalue weighted by molar-refractivity contribution is 5.99. The average molecular weight is 433 g/mol. The fourth-order valence-electron chi connectivity index (χ4n) is 5.45. The van der Waals surface area contributed by atoms with Crippen molar-refractivity contribution >= 4 is 17.8 Å². The van der Waals surface area contributed by atoms with Gasteiger partial charge in [0.05, 0.1) is 31.3 Å². The molecule has 0 aromatic heterocycles. The number of fused-ring (bicyclic) bond motifs is 2. The molecule has 1 spiro atoms. The molecule has 0 aromatic carbocycles. The minimum absolute atomic E-state index is 0.187. The number of cyclic esters (lactones) is 1. The van der Waals surface area contributed by atoms with Crippen LogP contribution in [0.3, 0.4) is 0 Å². The summed E-state index contributed by atoms with van der Waals surface area (Å²) in [6.45, 7) is 4.95. The van der Waals surface area contributed by atoms with Crippen LogP contribution in [0.4, 0.5) is 0 Å². The minimum atomic E-state index is -1.25. The van der Waals surface area contributed by atoms with Gasteiger partial charge in [0.25, 0.3) is 0 Å². The molecule has 4 heterocycles. The van der Waals surface area contributed by atoms with Gasteiger partial charge in [-0.3, -0.25) is 14.4 Å². The second-order valence-corrected chi connectivity index (χ2v) is 8.76. The maximum absolute atomic E-state index is 13.8. The van der Waals surface area contributed by atoms with Gasteiger partial charge in [-0.15, -0.1) is 0 Å². The van der Waals surface area contributed by atoms with E-state index in [2.05, 4.69) is 6.92 Å². The van der Waals surface area contributed by atoms with Gasteiger partial charge in [-0.2, -0.15) is 0 Å². The van der Waals surface area contributed by atoms with Crippen molar-refractivity contribution in [2.45, 2.75) is 63.3 Å².